The maximum absolute atomic E-state index is 12.7. The Morgan fingerprint density at radius 2 is 1.75 bits per heavy atom. The number of H-pyrrole nitrogens is 1. The van der Waals surface area contributed by atoms with Gasteiger partial charge >= 0.3 is 0 Å². The van der Waals surface area contributed by atoms with Crippen molar-refractivity contribution in [3.8, 4) is 0 Å². The van der Waals surface area contributed by atoms with Crippen molar-refractivity contribution < 1.29 is 4.79 Å². The molecule has 1 heterocycles. The van der Waals surface area contributed by atoms with Gasteiger partial charge in [-0.3, -0.25) is 9.59 Å². The van der Waals surface area contributed by atoms with E-state index in [0.717, 1.165) is 22.0 Å². The summed E-state index contributed by atoms with van der Waals surface area (Å²) in [5, 5.41) is 2.21. The second-order valence-corrected chi connectivity index (χ2v) is 6.06. The second kappa shape index (κ2) is 6.28. The van der Waals surface area contributed by atoms with Gasteiger partial charge in [-0.1, -0.05) is 42.5 Å². The molecule has 0 spiro atoms. The number of rotatable bonds is 3. The maximum atomic E-state index is 12.7. The normalized spacial score (nSPS) is 11.7. The lowest BCUT2D eigenvalue weighted by molar-refractivity contribution is 0.103. The van der Waals surface area contributed by atoms with Crippen molar-refractivity contribution in [3.05, 3.63) is 86.8 Å². The van der Waals surface area contributed by atoms with Crippen LogP contribution in [0.5, 0.6) is 0 Å². The van der Waals surface area contributed by atoms with Crippen LogP contribution in [0.2, 0.25) is 0 Å². The van der Waals surface area contributed by atoms with E-state index in [1.807, 2.05) is 61.5 Å². The van der Waals surface area contributed by atoms with Crippen LogP contribution in [0.1, 0.15) is 34.1 Å². The van der Waals surface area contributed by atoms with Gasteiger partial charge < -0.3 is 4.98 Å². The smallest absolute Gasteiger partial charge is 0.259 e. The first-order chi connectivity index (χ1) is 11.5. The van der Waals surface area contributed by atoms with E-state index < -0.39 is 0 Å². The molecule has 0 saturated heterocycles. The van der Waals surface area contributed by atoms with Crippen LogP contribution in [0.15, 0.2) is 58.9 Å². The van der Waals surface area contributed by atoms with Gasteiger partial charge in [-0.25, -0.2) is 0 Å². The number of ketones is 1. The number of Topliss-reactive ketones (excluding diaryl/α,β-unsaturated/α-hetero) is 1. The average molecular weight is 317 g/mol. The molecule has 0 aliphatic rings. The number of hydrogen-bond donors (Lipinski definition) is 1. The molecular weight excluding hydrogens is 298 g/mol. The molecule has 3 aromatic rings. The third-order valence-corrected chi connectivity index (χ3v) is 4.15. The van der Waals surface area contributed by atoms with Crippen molar-refractivity contribution in [2.75, 3.05) is 0 Å². The van der Waals surface area contributed by atoms with Crippen LogP contribution in [-0.4, -0.2) is 10.8 Å². The van der Waals surface area contributed by atoms with Crippen molar-refractivity contribution >= 4 is 22.6 Å². The van der Waals surface area contributed by atoms with Gasteiger partial charge in [0.15, 0.2) is 5.78 Å². The summed E-state index contributed by atoms with van der Waals surface area (Å²) >= 11 is 0. The summed E-state index contributed by atoms with van der Waals surface area (Å²) < 4.78 is 0. The van der Waals surface area contributed by atoms with E-state index in [9.17, 15) is 9.59 Å². The van der Waals surface area contributed by atoms with Gasteiger partial charge in [0, 0.05) is 5.69 Å². The topological polar surface area (TPSA) is 49.9 Å². The number of hydrogen-bond acceptors (Lipinski definition) is 2. The fraction of sp³-hybridized carbons (Fsp3) is 0.143. The van der Waals surface area contributed by atoms with Crippen molar-refractivity contribution in [2.24, 2.45) is 0 Å². The van der Waals surface area contributed by atoms with Gasteiger partial charge in [-0.2, -0.15) is 0 Å². The van der Waals surface area contributed by atoms with E-state index in [1.54, 1.807) is 13.8 Å². The molecule has 0 radical (unpaired) electrons. The summed E-state index contributed by atoms with van der Waals surface area (Å²) in [7, 11) is 0. The molecule has 3 rings (SSSR count). The summed E-state index contributed by atoms with van der Waals surface area (Å²) in [4.78, 5) is 27.6. The summed E-state index contributed by atoms with van der Waals surface area (Å²) in [5.41, 5.74) is 2.86. The number of pyridine rings is 1. The molecule has 0 fully saturated rings. The molecule has 0 unspecified atom stereocenters. The zero-order valence-electron chi connectivity index (χ0n) is 14.0. The van der Waals surface area contributed by atoms with E-state index in [4.69, 9.17) is 0 Å². The van der Waals surface area contributed by atoms with Crippen LogP contribution >= 0.6 is 0 Å². The Bertz CT molecular complexity index is 1020. The molecule has 120 valence electrons. The minimum Gasteiger partial charge on any atom is -0.326 e. The second-order valence-electron chi connectivity index (χ2n) is 6.06. The van der Waals surface area contributed by atoms with Crippen molar-refractivity contribution in [3.63, 3.8) is 0 Å². The van der Waals surface area contributed by atoms with Gasteiger partial charge in [-0.15, -0.1) is 0 Å². The fourth-order valence-corrected chi connectivity index (χ4v) is 3.01. The molecule has 0 aliphatic carbocycles. The molecule has 2 aromatic carbocycles. The fourth-order valence-electron chi connectivity index (χ4n) is 3.01. The molecule has 3 nitrogen and oxygen atoms in total. The molecule has 0 amide bonds. The van der Waals surface area contributed by atoms with Crippen LogP contribution in [0.4, 0.5) is 0 Å². The number of fused-ring (bicyclic) bond motifs is 1. The van der Waals surface area contributed by atoms with Crippen molar-refractivity contribution in [1.82, 2.24) is 4.98 Å². The van der Waals surface area contributed by atoms with Gasteiger partial charge in [0.05, 0.1) is 5.56 Å². The lowest BCUT2D eigenvalue weighted by Gasteiger charge is -2.07. The third-order valence-electron chi connectivity index (χ3n) is 4.15. The predicted molar refractivity (Wildman–Crippen MR) is 98.5 cm³/mol. The molecule has 0 bridgehead atoms. The lowest BCUT2D eigenvalue weighted by atomic mass is 9.97. The molecule has 0 saturated carbocycles. The Labute approximate surface area is 140 Å². The molecule has 1 aromatic heterocycles. The van der Waals surface area contributed by atoms with Crippen LogP contribution in [-0.2, 0) is 0 Å². The number of aromatic amines is 1. The molecule has 3 heteroatoms. The average Bonchev–Trinajstić information content (AvgIpc) is 2.54. The number of carbonyl (C=O) groups is 1. The largest absolute Gasteiger partial charge is 0.326 e. The zero-order valence-corrected chi connectivity index (χ0v) is 14.0. The summed E-state index contributed by atoms with van der Waals surface area (Å²) in [6, 6.07) is 15.8. The molecule has 0 aliphatic heterocycles. The number of nitrogens with one attached hydrogen (secondary N) is 1. The molecule has 1 N–H and O–H groups in total. The first-order valence-corrected chi connectivity index (χ1v) is 7.88. The minimum absolute atomic E-state index is 0.217. The summed E-state index contributed by atoms with van der Waals surface area (Å²) in [6.07, 6.45) is 1.85. The lowest BCUT2D eigenvalue weighted by Crippen LogP contribution is -2.21. The number of aryl methyl sites for hydroxylation is 2. The Morgan fingerprint density at radius 1 is 1.04 bits per heavy atom. The first-order valence-electron chi connectivity index (χ1n) is 7.88. The highest BCUT2D eigenvalue weighted by molar-refractivity contribution is 6.12. The molecule has 0 atom stereocenters. The molecular formula is C21H19NO2. The predicted octanol–water partition coefficient (Wildman–Crippen LogP) is 4.43. The van der Waals surface area contributed by atoms with E-state index in [0.29, 0.717) is 11.1 Å². The van der Waals surface area contributed by atoms with Crippen LogP contribution in [0, 0.1) is 13.8 Å². The van der Waals surface area contributed by atoms with Crippen LogP contribution in [0.3, 0.4) is 0 Å². The summed E-state index contributed by atoms with van der Waals surface area (Å²) in [6.45, 7) is 5.35. The Kier molecular flexibility index (Phi) is 4.17. The Morgan fingerprint density at radius 3 is 2.50 bits per heavy atom. The zero-order chi connectivity index (χ0) is 17.3. The van der Waals surface area contributed by atoms with E-state index in [1.165, 1.54) is 0 Å². The van der Waals surface area contributed by atoms with E-state index in [2.05, 4.69) is 4.98 Å². The highest BCUT2D eigenvalue weighted by atomic mass is 16.1. The number of allylic oxidation sites excluding steroid dienone is 1. The minimum atomic E-state index is -0.330. The number of benzene rings is 2. The number of carbonyl (C=O) groups excluding carboxylic acids is 1. The standard InChI is InChI=1S/C21H19NO2/c1-13-11-15(3)22-21(24)19(13)20(23)14(2)12-17-9-6-8-16-7-4-5-10-18(16)17/h4-12H,1-3H3,(H,22,24)/b14-12+. The highest BCUT2D eigenvalue weighted by Crippen LogP contribution is 2.22. The van der Waals surface area contributed by atoms with Crippen molar-refractivity contribution in [2.45, 2.75) is 20.8 Å². The van der Waals surface area contributed by atoms with Gasteiger partial charge in [0.25, 0.3) is 5.56 Å². The van der Waals surface area contributed by atoms with Crippen molar-refractivity contribution in [1.29, 1.82) is 0 Å². The van der Waals surface area contributed by atoms with Gasteiger partial charge in [0.1, 0.15) is 0 Å². The first kappa shape index (κ1) is 15.9. The monoisotopic (exact) mass is 317 g/mol. The van der Waals surface area contributed by atoms with Crippen LogP contribution < -0.4 is 5.56 Å². The third kappa shape index (κ3) is 2.93. The number of aromatic nitrogens is 1. The Hall–Kier alpha value is -2.94. The Balaban J connectivity index is 2.08. The quantitative estimate of drug-likeness (QED) is 0.574. The van der Waals surface area contributed by atoms with E-state index >= 15 is 0 Å². The maximum Gasteiger partial charge on any atom is 0.259 e. The highest BCUT2D eigenvalue weighted by Gasteiger charge is 2.16. The van der Waals surface area contributed by atoms with Crippen LogP contribution in [0.25, 0.3) is 16.8 Å². The van der Waals surface area contributed by atoms with Gasteiger partial charge in [-0.05, 0) is 60.4 Å². The van der Waals surface area contributed by atoms with Gasteiger partial charge in [0.2, 0.25) is 0 Å². The summed E-state index contributed by atoms with van der Waals surface area (Å²) in [5.74, 6) is -0.235. The van der Waals surface area contributed by atoms with E-state index in [-0.39, 0.29) is 16.9 Å². The SMILES string of the molecule is C/C(=C\c1cccc2ccccc12)C(=O)c1c(C)cc(C)[nH]c1=O. The molecule has 24 heavy (non-hydrogen) atoms.